The van der Waals surface area contributed by atoms with Crippen molar-refractivity contribution < 1.29 is 14.3 Å². The lowest BCUT2D eigenvalue weighted by Crippen LogP contribution is -2.45. The third kappa shape index (κ3) is 3.17. The molecule has 1 aromatic rings. The number of carbonyl (C=O) groups excluding carboxylic acids is 1. The highest BCUT2D eigenvalue weighted by molar-refractivity contribution is 5.81. The van der Waals surface area contributed by atoms with Gasteiger partial charge in [-0.15, -0.1) is 0 Å². The Balaban J connectivity index is 1.45. The van der Waals surface area contributed by atoms with Crippen LogP contribution in [0.5, 0.6) is 11.5 Å². The fourth-order valence-corrected chi connectivity index (χ4v) is 2.01. The second-order valence-corrected chi connectivity index (χ2v) is 4.88. The highest BCUT2D eigenvalue weighted by Crippen LogP contribution is 2.30. The number of ether oxygens (including phenoxy) is 2. The summed E-state index contributed by atoms with van der Waals surface area (Å²) in [6, 6.07) is 8.05. The summed E-state index contributed by atoms with van der Waals surface area (Å²) >= 11 is 0. The minimum atomic E-state index is -0.559. The molecule has 0 saturated heterocycles. The number of amides is 1. The van der Waals surface area contributed by atoms with Gasteiger partial charge in [0.2, 0.25) is 6.10 Å². The molecular formula is C14H18N2O3. The predicted octanol–water partition coefficient (Wildman–Crippen LogP) is 0.695. The Kier molecular flexibility index (Phi) is 3.55. The smallest absolute Gasteiger partial charge is 0.264 e. The van der Waals surface area contributed by atoms with E-state index in [-0.39, 0.29) is 12.5 Å². The van der Waals surface area contributed by atoms with Crippen molar-refractivity contribution >= 4 is 5.91 Å². The van der Waals surface area contributed by atoms with Crippen LogP contribution in [0.4, 0.5) is 0 Å². The number of hydrogen-bond donors (Lipinski definition) is 2. The Morgan fingerprint density at radius 1 is 1.21 bits per heavy atom. The van der Waals surface area contributed by atoms with E-state index < -0.39 is 6.10 Å². The van der Waals surface area contributed by atoms with Gasteiger partial charge in [0.1, 0.15) is 6.61 Å². The van der Waals surface area contributed by atoms with Gasteiger partial charge in [-0.25, -0.2) is 0 Å². The summed E-state index contributed by atoms with van der Waals surface area (Å²) in [5.74, 6) is 1.21. The SMILES string of the molecule is O=C(NCCNC1CC1)C1COc2ccccc2O1. The van der Waals surface area contributed by atoms with Crippen molar-refractivity contribution in [1.82, 2.24) is 10.6 Å². The third-order valence-corrected chi connectivity index (χ3v) is 3.24. The fourth-order valence-electron chi connectivity index (χ4n) is 2.01. The number of para-hydroxylation sites is 2. The summed E-state index contributed by atoms with van der Waals surface area (Å²) in [4.78, 5) is 11.9. The van der Waals surface area contributed by atoms with Crippen LogP contribution in [0.2, 0.25) is 0 Å². The quantitative estimate of drug-likeness (QED) is 0.767. The molecule has 0 spiro atoms. The van der Waals surface area contributed by atoms with E-state index in [1.54, 1.807) is 0 Å². The molecule has 1 atom stereocenters. The molecule has 1 aliphatic carbocycles. The molecule has 2 N–H and O–H groups in total. The standard InChI is InChI=1S/C14H18N2O3/c17-14(16-8-7-15-10-5-6-10)13-9-18-11-3-1-2-4-12(11)19-13/h1-4,10,13,15H,5-9H2,(H,16,17). The molecule has 0 aromatic heterocycles. The minimum Gasteiger partial charge on any atom is -0.485 e. The lowest BCUT2D eigenvalue weighted by Gasteiger charge is -2.25. The highest BCUT2D eigenvalue weighted by atomic mass is 16.6. The van der Waals surface area contributed by atoms with E-state index in [0.29, 0.717) is 24.1 Å². The lowest BCUT2D eigenvalue weighted by molar-refractivity contribution is -0.130. The number of benzene rings is 1. The largest absolute Gasteiger partial charge is 0.485 e. The Morgan fingerprint density at radius 2 is 2.00 bits per heavy atom. The second-order valence-electron chi connectivity index (χ2n) is 4.88. The van der Waals surface area contributed by atoms with Gasteiger partial charge in [-0.2, -0.15) is 0 Å². The molecule has 1 aromatic carbocycles. The van der Waals surface area contributed by atoms with Crippen LogP contribution in [-0.4, -0.2) is 37.7 Å². The van der Waals surface area contributed by atoms with Crippen LogP contribution < -0.4 is 20.1 Å². The summed E-state index contributed by atoms with van der Waals surface area (Å²) in [6.45, 7) is 1.69. The molecule has 102 valence electrons. The van der Waals surface area contributed by atoms with Crippen LogP contribution in [0.1, 0.15) is 12.8 Å². The molecular weight excluding hydrogens is 244 g/mol. The summed E-state index contributed by atoms with van der Waals surface area (Å²) in [6.07, 6.45) is 1.95. The molecule has 1 aliphatic heterocycles. The highest BCUT2D eigenvalue weighted by Gasteiger charge is 2.27. The summed E-state index contributed by atoms with van der Waals surface area (Å²) in [5.41, 5.74) is 0. The van der Waals surface area contributed by atoms with Gasteiger partial charge in [0.25, 0.3) is 5.91 Å². The minimum absolute atomic E-state index is 0.118. The van der Waals surface area contributed by atoms with Crippen molar-refractivity contribution in [3.63, 3.8) is 0 Å². The fraction of sp³-hybridized carbons (Fsp3) is 0.500. The van der Waals surface area contributed by atoms with Crippen LogP contribution in [0.15, 0.2) is 24.3 Å². The predicted molar refractivity (Wildman–Crippen MR) is 70.4 cm³/mol. The van der Waals surface area contributed by atoms with Gasteiger partial charge in [0.15, 0.2) is 11.5 Å². The molecule has 1 fully saturated rings. The normalized spacial score (nSPS) is 20.9. The van der Waals surface area contributed by atoms with Gasteiger partial charge in [-0.05, 0) is 25.0 Å². The number of carbonyl (C=O) groups is 1. The summed E-state index contributed by atoms with van der Waals surface area (Å²) < 4.78 is 11.1. The molecule has 5 nitrogen and oxygen atoms in total. The van der Waals surface area contributed by atoms with Crippen molar-refractivity contribution in [2.75, 3.05) is 19.7 Å². The molecule has 1 amide bonds. The van der Waals surface area contributed by atoms with Crippen LogP contribution in [0, 0.1) is 0 Å². The molecule has 5 heteroatoms. The monoisotopic (exact) mass is 262 g/mol. The number of fused-ring (bicyclic) bond motifs is 1. The van der Waals surface area contributed by atoms with Crippen LogP contribution in [-0.2, 0) is 4.79 Å². The molecule has 0 bridgehead atoms. The first kappa shape index (κ1) is 12.3. The molecule has 0 radical (unpaired) electrons. The Labute approximate surface area is 112 Å². The molecule has 3 rings (SSSR count). The van der Waals surface area contributed by atoms with Crippen LogP contribution >= 0.6 is 0 Å². The first-order valence-electron chi connectivity index (χ1n) is 6.72. The van der Waals surface area contributed by atoms with E-state index >= 15 is 0 Å². The van der Waals surface area contributed by atoms with Crippen molar-refractivity contribution in [3.8, 4) is 11.5 Å². The Hall–Kier alpha value is -1.75. The maximum absolute atomic E-state index is 11.9. The van der Waals surface area contributed by atoms with E-state index in [4.69, 9.17) is 9.47 Å². The second kappa shape index (κ2) is 5.48. The van der Waals surface area contributed by atoms with E-state index in [1.807, 2.05) is 24.3 Å². The number of hydrogen-bond acceptors (Lipinski definition) is 4. The molecule has 1 unspecified atom stereocenters. The summed E-state index contributed by atoms with van der Waals surface area (Å²) in [5, 5.41) is 6.20. The average Bonchev–Trinajstić information content (AvgIpc) is 3.27. The van der Waals surface area contributed by atoms with Gasteiger partial charge in [0.05, 0.1) is 0 Å². The van der Waals surface area contributed by atoms with Gasteiger partial charge in [-0.1, -0.05) is 12.1 Å². The maximum atomic E-state index is 11.9. The third-order valence-electron chi connectivity index (χ3n) is 3.24. The van der Waals surface area contributed by atoms with E-state index in [1.165, 1.54) is 12.8 Å². The van der Waals surface area contributed by atoms with Crippen molar-refractivity contribution in [3.05, 3.63) is 24.3 Å². The Bertz CT molecular complexity index is 460. The van der Waals surface area contributed by atoms with E-state index in [2.05, 4.69) is 10.6 Å². The first-order valence-corrected chi connectivity index (χ1v) is 6.72. The van der Waals surface area contributed by atoms with E-state index in [0.717, 1.165) is 6.54 Å². The van der Waals surface area contributed by atoms with Crippen LogP contribution in [0.3, 0.4) is 0 Å². The van der Waals surface area contributed by atoms with Crippen molar-refractivity contribution in [1.29, 1.82) is 0 Å². The lowest BCUT2D eigenvalue weighted by atomic mass is 10.2. The number of nitrogens with one attached hydrogen (secondary N) is 2. The summed E-state index contributed by atoms with van der Waals surface area (Å²) in [7, 11) is 0. The van der Waals surface area contributed by atoms with Gasteiger partial charge < -0.3 is 20.1 Å². The first-order chi connectivity index (χ1) is 9.33. The molecule has 1 saturated carbocycles. The van der Waals surface area contributed by atoms with Crippen molar-refractivity contribution in [2.24, 2.45) is 0 Å². The van der Waals surface area contributed by atoms with Gasteiger partial charge >= 0.3 is 0 Å². The zero-order valence-electron chi connectivity index (χ0n) is 10.7. The van der Waals surface area contributed by atoms with Crippen molar-refractivity contribution in [2.45, 2.75) is 25.0 Å². The number of rotatable bonds is 5. The van der Waals surface area contributed by atoms with E-state index in [9.17, 15) is 4.79 Å². The van der Waals surface area contributed by atoms with Crippen LogP contribution in [0.25, 0.3) is 0 Å². The molecule has 1 heterocycles. The topological polar surface area (TPSA) is 59.6 Å². The maximum Gasteiger partial charge on any atom is 0.264 e. The zero-order valence-corrected chi connectivity index (χ0v) is 10.7. The van der Waals surface area contributed by atoms with Gasteiger partial charge in [0, 0.05) is 19.1 Å². The molecule has 2 aliphatic rings. The average molecular weight is 262 g/mol. The Morgan fingerprint density at radius 3 is 2.79 bits per heavy atom. The molecule has 19 heavy (non-hydrogen) atoms. The zero-order chi connectivity index (χ0) is 13.1. The van der Waals surface area contributed by atoms with Gasteiger partial charge in [-0.3, -0.25) is 4.79 Å².